The summed E-state index contributed by atoms with van der Waals surface area (Å²) >= 11 is 0. The van der Waals surface area contributed by atoms with Crippen molar-refractivity contribution in [3.05, 3.63) is 35.5 Å². The van der Waals surface area contributed by atoms with E-state index < -0.39 is 31.8 Å². The molecule has 0 spiro atoms. The van der Waals surface area contributed by atoms with E-state index in [-0.39, 0.29) is 35.2 Å². The highest BCUT2D eigenvalue weighted by atomic mass is 32.2. The summed E-state index contributed by atoms with van der Waals surface area (Å²) in [6, 6.07) is 2.94. The van der Waals surface area contributed by atoms with Crippen LogP contribution in [0.25, 0.3) is 0 Å². The second kappa shape index (κ2) is 7.92. The van der Waals surface area contributed by atoms with E-state index in [2.05, 4.69) is 10.4 Å². The Hall–Kier alpha value is -2.18. The third-order valence-corrected chi connectivity index (χ3v) is 8.66. The van der Waals surface area contributed by atoms with Gasteiger partial charge in [-0.05, 0) is 32.4 Å². The number of aromatic nitrogens is 2. The van der Waals surface area contributed by atoms with E-state index in [1.54, 1.807) is 26.0 Å². The van der Waals surface area contributed by atoms with Crippen LogP contribution < -0.4 is 5.32 Å². The minimum atomic E-state index is -3.85. The van der Waals surface area contributed by atoms with Crippen LogP contribution in [0.15, 0.2) is 27.7 Å². The Balaban J connectivity index is 1.74. The predicted molar refractivity (Wildman–Crippen MR) is 104 cm³/mol. The number of nitrogens with one attached hydrogen (secondary N) is 1. The molecule has 1 saturated heterocycles. The minimum absolute atomic E-state index is 0.0443. The summed E-state index contributed by atoms with van der Waals surface area (Å²) in [4.78, 5) is 12.4. The molecule has 1 amide bonds. The van der Waals surface area contributed by atoms with Crippen molar-refractivity contribution in [3.63, 3.8) is 0 Å². The van der Waals surface area contributed by atoms with Gasteiger partial charge in [0, 0.05) is 13.1 Å². The van der Waals surface area contributed by atoms with E-state index >= 15 is 0 Å². The second-order valence-corrected chi connectivity index (χ2v) is 11.4. The fraction of sp³-hybridized carbons (Fsp3) is 0.529. The topological polar surface area (TPSA) is 132 Å². The number of sulfonamides is 1. The molecular weight excluding hydrogens is 420 g/mol. The molecule has 2 aromatic heterocycles. The number of carbonyl (C=O) groups is 1. The van der Waals surface area contributed by atoms with Gasteiger partial charge in [0.05, 0.1) is 35.7 Å². The highest BCUT2D eigenvalue weighted by Gasteiger charge is 2.31. The number of carbonyl (C=O) groups excluding carboxylic acids is 1. The summed E-state index contributed by atoms with van der Waals surface area (Å²) < 4.78 is 56.8. The van der Waals surface area contributed by atoms with Crippen LogP contribution >= 0.6 is 0 Å². The molecule has 29 heavy (non-hydrogen) atoms. The van der Waals surface area contributed by atoms with Gasteiger partial charge in [-0.2, -0.15) is 9.40 Å². The second-order valence-electron chi connectivity index (χ2n) is 7.17. The number of hydrogen-bond donors (Lipinski definition) is 1. The van der Waals surface area contributed by atoms with E-state index in [1.165, 1.54) is 18.0 Å². The Morgan fingerprint density at radius 2 is 2.14 bits per heavy atom. The molecule has 1 fully saturated rings. The summed E-state index contributed by atoms with van der Waals surface area (Å²) in [5.41, 5.74) is 0.619. The van der Waals surface area contributed by atoms with Gasteiger partial charge in [-0.15, -0.1) is 0 Å². The quantitative estimate of drug-likeness (QED) is 0.646. The fourth-order valence-corrected chi connectivity index (χ4v) is 6.56. The molecule has 3 heterocycles. The number of nitrogens with zero attached hydrogens (tertiary/aromatic N) is 3. The molecule has 0 aromatic carbocycles. The molecule has 0 bridgehead atoms. The smallest absolute Gasteiger partial charge is 0.246 e. The van der Waals surface area contributed by atoms with Gasteiger partial charge in [0.25, 0.3) is 0 Å². The molecule has 160 valence electrons. The molecule has 1 aliphatic heterocycles. The van der Waals surface area contributed by atoms with Crippen molar-refractivity contribution in [2.45, 2.75) is 44.3 Å². The Labute approximate surface area is 169 Å². The average Bonchev–Trinajstić information content (AvgIpc) is 3.29. The molecule has 12 heteroatoms. The van der Waals surface area contributed by atoms with Crippen LogP contribution in [0, 0.1) is 13.8 Å². The first-order chi connectivity index (χ1) is 13.5. The maximum absolute atomic E-state index is 13.0. The van der Waals surface area contributed by atoms with Crippen LogP contribution in [-0.2, 0) is 37.7 Å². The summed E-state index contributed by atoms with van der Waals surface area (Å²) in [5, 5.41) is 6.89. The van der Waals surface area contributed by atoms with Gasteiger partial charge < -0.3 is 9.73 Å². The number of aryl methyl sites for hydroxylation is 1. The van der Waals surface area contributed by atoms with Gasteiger partial charge >= 0.3 is 0 Å². The van der Waals surface area contributed by atoms with Gasteiger partial charge in [0.2, 0.25) is 15.9 Å². The molecule has 0 radical (unpaired) electrons. The molecule has 2 aromatic rings. The largest absolute Gasteiger partial charge is 0.468 e. The molecule has 0 saturated carbocycles. The molecule has 3 rings (SSSR count). The lowest BCUT2D eigenvalue weighted by Gasteiger charge is -2.16. The third kappa shape index (κ3) is 4.70. The summed E-state index contributed by atoms with van der Waals surface area (Å²) in [5.74, 6) is 0.0743. The van der Waals surface area contributed by atoms with Gasteiger partial charge in [0.1, 0.15) is 17.2 Å². The van der Waals surface area contributed by atoms with Crippen LogP contribution in [0.1, 0.15) is 23.6 Å². The molecule has 1 N–H and O–H groups in total. The first-order valence-corrected chi connectivity index (χ1v) is 12.3. The number of rotatable bonds is 7. The van der Waals surface area contributed by atoms with E-state index in [0.29, 0.717) is 17.9 Å². The molecule has 0 aliphatic carbocycles. The maximum atomic E-state index is 13.0. The first kappa shape index (κ1) is 21.5. The van der Waals surface area contributed by atoms with Crippen molar-refractivity contribution in [2.75, 3.05) is 18.6 Å². The van der Waals surface area contributed by atoms with Gasteiger partial charge in [-0.1, -0.05) is 0 Å². The SMILES string of the molecule is Cc1nn(CC(=O)NC2CCS(=O)(=O)C2)c(C)c1S(=O)(=O)N(C)Cc1ccco1. The van der Waals surface area contributed by atoms with Crippen molar-refractivity contribution in [1.82, 2.24) is 19.4 Å². The van der Waals surface area contributed by atoms with Gasteiger partial charge in [0.15, 0.2) is 9.84 Å². The average molecular weight is 445 g/mol. The predicted octanol–water partition coefficient (Wildman–Crippen LogP) is 0.217. The molecule has 1 atom stereocenters. The summed E-state index contributed by atoms with van der Waals surface area (Å²) in [7, 11) is -5.51. The number of amides is 1. The zero-order valence-corrected chi connectivity index (χ0v) is 18.1. The first-order valence-electron chi connectivity index (χ1n) is 9.02. The van der Waals surface area contributed by atoms with Crippen molar-refractivity contribution < 1.29 is 26.0 Å². The Morgan fingerprint density at radius 3 is 2.72 bits per heavy atom. The van der Waals surface area contributed by atoms with Crippen LogP contribution in [-0.4, -0.2) is 61.4 Å². The molecule has 1 aliphatic rings. The van der Waals surface area contributed by atoms with Crippen LogP contribution in [0.3, 0.4) is 0 Å². The lowest BCUT2D eigenvalue weighted by Crippen LogP contribution is -2.38. The van der Waals surface area contributed by atoms with E-state index in [9.17, 15) is 21.6 Å². The fourth-order valence-electron chi connectivity index (χ4n) is 3.39. The number of sulfone groups is 1. The molecular formula is C17H24N4O6S2. The standard InChI is InChI=1S/C17H24N4O6S2/c1-12-17(29(25,26)20(3)9-15-5-4-7-27-15)13(2)21(19-12)10-16(22)18-14-6-8-28(23,24)11-14/h4-5,7,14H,6,8-11H2,1-3H3,(H,18,22). The highest BCUT2D eigenvalue weighted by molar-refractivity contribution is 7.91. The minimum Gasteiger partial charge on any atom is -0.468 e. The van der Waals surface area contributed by atoms with Crippen molar-refractivity contribution in [1.29, 1.82) is 0 Å². The van der Waals surface area contributed by atoms with Crippen LogP contribution in [0.5, 0.6) is 0 Å². The van der Waals surface area contributed by atoms with Gasteiger partial charge in [-0.3, -0.25) is 9.48 Å². The summed E-state index contributed by atoms with van der Waals surface area (Å²) in [6.07, 6.45) is 1.85. The van der Waals surface area contributed by atoms with E-state index in [1.807, 2.05) is 0 Å². The normalized spacial score (nSPS) is 19.0. The maximum Gasteiger partial charge on any atom is 0.246 e. The van der Waals surface area contributed by atoms with Crippen LogP contribution in [0.4, 0.5) is 0 Å². The molecule has 10 nitrogen and oxygen atoms in total. The van der Waals surface area contributed by atoms with Crippen molar-refractivity contribution in [3.8, 4) is 0 Å². The number of furan rings is 1. The van der Waals surface area contributed by atoms with E-state index in [0.717, 1.165) is 4.31 Å². The molecule has 1 unspecified atom stereocenters. The Morgan fingerprint density at radius 1 is 1.41 bits per heavy atom. The third-order valence-electron chi connectivity index (χ3n) is 4.83. The number of hydrogen-bond acceptors (Lipinski definition) is 7. The van der Waals surface area contributed by atoms with E-state index in [4.69, 9.17) is 4.42 Å². The van der Waals surface area contributed by atoms with Gasteiger partial charge in [-0.25, -0.2) is 16.8 Å². The zero-order chi connectivity index (χ0) is 21.4. The van der Waals surface area contributed by atoms with Crippen LogP contribution in [0.2, 0.25) is 0 Å². The van der Waals surface area contributed by atoms with Crippen molar-refractivity contribution >= 4 is 25.8 Å². The lowest BCUT2D eigenvalue weighted by atomic mass is 10.2. The lowest BCUT2D eigenvalue weighted by molar-refractivity contribution is -0.122. The van der Waals surface area contributed by atoms with Crippen molar-refractivity contribution in [2.24, 2.45) is 0 Å². The highest BCUT2D eigenvalue weighted by Crippen LogP contribution is 2.24. The monoisotopic (exact) mass is 444 g/mol. The summed E-state index contributed by atoms with van der Waals surface area (Å²) in [6.45, 7) is 3.02. The zero-order valence-electron chi connectivity index (χ0n) is 16.5. The Kier molecular flexibility index (Phi) is 5.88. The Bertz CT molecular complexity index is 1100.